The van der Waals surface area contributed by atoms with Gasteiger partial charge >= 0.3 is 0 Å². The second-order valence-corrected chi connectivity index (χ2v) is 11.6. The Morgan fingerprint density at radius 2 is 0.714 bits per heavy atom. The molecule has 28 heavy (non-hydrogen) atoms. The summed E-state index contributed by atoms with van der Waals surface area (Å²) >= 11 is 0. The van der Waals surface area contributed by atoms with E-state index < -0.39 is 7.26 Å². The minimum Gasteiger partial charge on any atom is -0.0622 e. The maximum absolute atomic E-state index is 2.42. The third-order valence-electron chi connectivity index (χ3n) is 5.75. The van der Waals surface area contributed by atoms with E-state index in [9.17, 15) is 0 Å². The summed E-state index contributed by atoms with van der Waals surface area (Å²) < 4.78 is 0. The van der Waals surface area contributed by atoms with E-state index in [-0.39, 0.29) is 5.16 Å². The molecule has 0 heterocycles. The van der Waals surface area contributed by atoms with Crippen molar-refractivity contribution in [3.05, 3.63) is 127 Å². The molecule has 4 aromatic rings. The molecule has 0 unspecified atom stereocenters. The van der Waals surface area contributed by atoms with Gasteiger partial charge < -0.3 is 0 Å². The van der Waals surface area contributed by atoms with Gasteiger partial charge in [-0.1, -0.05) is 84.9 Å². The van der Waals surface area contributed by atoms with Crippen molar-refractivity contribution in [2.45, 2.75) is 19.0 Å². The molecule has 4 aromatic carbocycles. The van der Waals surface area contributed by atoms with Crippen LogP contribution in [0.5, 0.6) is 0 Å². The van der Waals surface area contributed by atoms with Crippen molar-refractivity contribution in [1.29, 1.82) is 0 Å². The molecule has 0 aliphatic heterocycles. The molecule has 0 saturated carbocycles. The van der Waals surface area contributed by atoms with Crippen LogP contribution in [0.2, 0.25) is 0 Å². The first-order valence-electron chi connectivity index (χ1n) is 9.79. The third-order valence-corrected chi connectivity index (χ3v) is 10.9. The van der Waals surface area contributed by atoms with Crippen molar-refractivity contribution >= 4 is 23.2 Å². The molecule has 0 bridgehead atoms. The summed E-state index contributed by atoms with van der Waals surface area (Å²) in [5, 5.41) is 4.18. The summed E-state index contributed by atoms with van der Waals surface area (Å²) in [6, 6.07) is 44.3. The zero-order valence-electron chi connectivity index (χ0n) is 16.5. The summed E-state index contributed by atoms with van der Waals surface area (Å²) in [4.78, 5) is 0. The molecular weight excluding hydrogens is 355 g/mol. The molecule has 4 rings (SSSR count). The van der Waals surface area contributed by atoms with Crippen LogP contribution >= 0.6 is 7.26 Å². The zero-order chi connectivity index (χ0) is 19.5. The lowest BCUT2D eigenvalue weighted by molar-refractivity contribution is 0.765. The summed E-state index contributed by atoms with van der Waals surface area (Å²) in [6.07, 6.45) is 0. The highest BCUT2D eigenvalue weighted by Crippen LogP contribution is 2.69. The molecule has 138 valence electrons. The highest BCUT2D eigenvalue weighted by atomic mass is 31.2. The Bertz CT molecular complexity index is 910. The molecule has 0 amide bonds. The molecule has 0 atom stereocenters. The molecule has 0 nitrogen and oxygen atoms in total. The SMILES string of the molecule is CC(C)(c1ccccc1)[P+](c1ccccc1)(c1ccccc1)c1ccccc1. The lowest BCUT2D eigenvalue weighted by Crippen LogP contribution is -2.42. The normalized spacial score (nSPS) is 11.9. The molecule has 0 fully saturated rings. The van der Waals surface area contributed by atoms with Crippen LogP contribution in [-0.2, 0) is 5.16 Å². The van der Waals surface area contributed by atoms with Gasteiger partial charge in [0.05, 0.1) is 0 Å². The number of benzene rings is 4. The van der Waals surface area contributed by atoms with Crippen molar-refractivity contribution in [2.24, 2.45) is 0 Å². The Hall–Kier alpha value is -2.69. The predicted molar refractivity (Wildman–Crippen MR) is 125 cm³/mol. The van der Waals surface area contributed by atoms with E-state index in [0.29, 0.717) is 0 Å². The number of rotatable bonds is 5. The Morgan fingerprint density at radius 3 is 1.04 bits per heavy atom. The van der Waals surface area contributed by atoms with E-state index in [2.05, 4.69) is 135 Å². The van der Waals surface area contributed by atoms with Crippen LogP contribution in [0, 0.1) is 0 Å². The predicted octanol–water partition coefficient (Wildman–Crippen LogP) is 5.92. The molecule has 0 aliphatic rings. The summed E-state index contributed by atoms with van der Waals surface area (Å²) in [6.45, 7) is 4.84. The molecule has 0 aliphatic carbocycles. The fourth-order valence-corrected chi connectivity index (χ4v) is 9.64. The monoisotopic (exact) mass is 381 g/mol. The van der Waals surface area contributed by atoms with E-state index in [1.54, 1.807) is 0 Å². The molecule has 0 spiro atoms. The minimum atomic E-state index is -1.98. The maximum Gasteiger partial charge on any atom is 0.121 e. The molecule has 0 aromatic heterocycles. The largest absolute Gasteiger partial charge is 0.121 e. The van der Waals surface area contributed by atoms with Crippen molar-refractivity contribution in [2.75, 3.05) is 0 Å². The first kappa shape index (κ1) is 18.7. The van der Waals surface area contributed by atoms with Gasteiger partial charge in [0.15, 0.2) is 0 Å². The lowest BCUT2D eigenvalue weighted by atomic mass is 10.0. The smallest absolute Gasteiger partial charge is 0.0622 e. The second kappa shape index (κ2) is 7.74. The summed E-state index contributed by atoms with van der Waals surface area (Å²) in [5.74, 6) is 0. The van der Waals surface area contributed by atoms with Gasteiger partial charge in [-0.3, -0.25) is 0 Å². The Balaban J connectivity index is 2.14. The maximum atomic E-state index is 2.42. The van der Waals surface area contributed by atoms with Gasteiger partial charge in [-0.05, 0) is 55.8 Å². The zero-order valence-corrected chi connectivity index (χ0v) is 17.4. The molecular formula is C27H26P+. The second-order valence-electron chi connectivity index (χ2n) is 7.60. The van der Waals surface area contributed by atoms with E-state index >= 15 is 0 Å². The highest BCUT2D eigenvalue weighted by molar-refractivity contribution is 7.96. The van der Waals surface area contributed by atoms with Gasteiger partial charge in [0, 0.05) is 0 Å². The minimum absolute atomic E-state index is 0.0711. The van der Waals surface area contributed by atoms with Crippen LogP contribution < -0.4 is 15.9 Å². The van der Waals surface area contributed by atoms with Gasteiger partial charge in [0.25, 0.3) is 0 Å². The third kappa shape index (κ3) is 2.99. The van der Waals surface area contributed by atoms with Crippen LogP contribution in [0.1, 0.15) is 19.4 Å². The number of hydrogen-bond acceptors (Lipinski definition) is 0. The first-order chi connectivity index (χ1) is 13.7. The van der Waals surface area contributed by atoms with Crippen LogP contribution in [0.15, 0.2) is 121 Å². The highest BCUT2D eigenvalue weighted by Gasteiger charge is 2.58. The Labute approximate surface area is 169 Å². The van der Waals surface area contributed by atoms with E-state index in [4.69, 9.17) is 0 Å². The van der Waals surface area contributed by atoms with Crippen molar-refractivity contribution < 1.29 is 0 Å². The van der Waals surface area contributed by atoms with Gasteiger partial charge in [-0.25, -0.2) is 0 Å². The quantitative estimate of drug-likeness (QED) is 0.377. The van der Waals surface area contributed by atoms with Crippen molar-refractivity contribution in [1.82, 2.24) is 0 Å². The fourth-order valence-electron chi connectivity index (χ4n) is 4.41. The standard InChI is InChI=1S/C27H26P/c1-27(2,23-15-7-3-8-16-23)28(24-17-9-4-10-18-24,25-19-11-5-12-20-25)26-21-13-6-14-22-26/h3-22H,1-2H3/q+1. The van der Waals surface area contributed by atoms with Crippen LogP contribution in [0.3, 0.4) is 0 Å². The van der Waals surface area contributed by atoms with Crippen molar-refractivity contribution in [3.63, 3.8) is 0 Å². The average Bonchev–Trinajstić information content (AvgIpc) is 2.77. The van der Waals surface area contributed by atoms with Gasteiger partial charge in [0.2, 0.25) is 0 Å². The molecule has 0 saturated heterocycles. The van der Waals surface area contributed by atoms with E-state index in [1.165, 1.54) is 21.5 Å². The van der Waals surface area contributed by atoms with Gasteiger partial charge in [-0.15, -0.1) is 0 Å². The van der Waals surface area contributed by atoms with E-state index in [0.717, 1.165) is 0 Å². The lowest BCUT2D eigenvalue weighted by Gasteiger charge is -2.41. The van der Waals surface area contributed by atoms with Gasteiger partial charge in [0.1, 0.15) is 28.3 Å². The fraction of sp³-hybridized carbons (Fsp3) is 0.111. The van der Waals surface area contributed by atoms with E-state index in [1.807, 2.05) is 0 Å². The Kier molecular flexibility index (Phi) is 5.16. The molecule has 1 heteroatoms. The first-order valence-corrected chi connectivity index (χ1v) is 11.6. The van der Waals surface area contributed by atoms with Crippen LogP contribution in [0.4, 0.5) is 0 Å². The number of hydrogen-bond donors (Lipinski definition) is 0. The van der Waals surface area contributed by atoms with Crippen LogP contribution in [0.25, 0.3) is 0 Å². The van der Waals surface area contributed by atoms with Crippen LogP contribution in [-0.4, -0.2) is 0 Å². The van der Waals surface area contributed by atoms with Crippen molar-refractivity contribution in [3.8, 4) is 0 Å². The average molecular weight is 381 g/mol. The molecule has 0 N–H and O–H groups in total. The summed E-state index contributed by atoms with van der Waals surface area (Å²) in [7, 11) is -1.98. The van der Waals surface area contributed by atoms with Gasteiger partial charge in [-0.2, -0.15) is 0 Å². The summed E-state index contributed by atoms with van der Waals surface area (Å²) in [5.41, 5.74) is 1.37. The Morgan fingerprint density at radius 1 is 0.429 bits per heavy atom. The molecule has 0 radical (unpaired) electrons. The topological polar surface area (TPSA) is 0 Å².